The zero-order valence-corrected chi connectivity index (χ0v) is 8.04. The average Bonchev–Trinajstić information content (AvgIpc) is 2.70. The van der Waals surface area contributed by atoms with Crippen LogP contribution in [0.15, 0.2) is 30.3 Å². The van der Waals surface area contributed by atoms with Gasteiger partial charge in [0.2, 0.25) is 0 Å². The summed E-state index contributed by atoms with van der Waals surface area (Å²) in [7, 11) is 0. The van der Waals surface area contributed by atoms with Gasteiger partial charge in [0.15, 0.2) is 0 Å². The normalized spacial score (nSPS) is 21.9. The lowest BCUT2D eigenvalue weighted by Crippen LogP contribution is -2.17. The number of hydrogen-bond acceptors (Lipinski definition) is 1. The van der Waals surface area contributed by atoms with Gasteiger partial charge < -0.3 is 5.32 Å². The Morgan fingerprint density at radius 1 is 1.29 bits per heavy atom. The molecule has 0 bridgehead atoms. The zero-order chi connectivity index (χ0) is 9.80. The van der Waals surface area contributed by atoms with Crippen molar-refractivity contribution in [3.05, 3.63) is 41.7 Å². The van der Waals surface area contributed by atoms with E-state index in [1.807, 2.05) is 6.08 Å². The van der Waals surface area contributed by atoms with Crippen molar-refractivity contribution >= 4 is 6.08 Å². The maximum absolute atomic E-state index is 12.6. The van der Waals surface area contributed by atoms with Crippen molar-refractivity contribution in [2.45, 2.75) is 18.9 Å². The fraction of sp³-hybridized carbons (Fsp3) is 0.333. The number of rotatable bonds is 2. The molecule has 1 heterocycles. The summed E-state index contributed by atoms with van der Waals surface area (Å²) < 4.78 is 12.6. The quantitative estimate of drug-likeness (QED) is 0.757. The minimum Gasteiger partial charge on any atom is -0.311 e. The Morgan fingerprint density at radius 3 is 2.71 bits per heavy atom. The van der Waals surface area contributed by atoms with Crippen molar-refractivity contribution in [2.75, 3.05) is 6.54 Å². The van der Waals surface area contributed by atoms with E-state index in [1.165, 1.54) is 25.0 Å². The molecule has 14 heavy (non-hydrogen) atoms. The van der Waals surface area contributed by atoms with Gasteiger partial charge in [0.1, 0.15) is 5.82 Å². The predicted molar refractivity (Wildman–Crippen MR) is 56.5 cm³/mol. The fourth-order valence-electron chi connectivity index (χ4n) is 1.68. The lowest BCUT2D eigenvalue weighted by Gasteiger charge is -2.01. The highest BCUT2D eigenvalue weighted by atomic mass is 19.1. The van der Waals surface area contributed by atoms with Gasteiger partial charge in [-0.1, -0.05) is 24.3 Å². The van der Waals surface area contributed by atoms with Crippen LogP contribution < -0.4 is 5.32 Å². The van der Waals surface area contributed by atoms with Crippen molar-refractivity contribution in [1.82, 2.24) is 5.32 Å². The zero-order valence-electron chi connectivity index (χ0n) is 8.04. The van der Waals surface area contributed by atoms with Crippen LogP contribution in [0.25, 0.3) is 6.08 Å². The van der Waals surface area contributed by atoms with E-state index in [1.54, 1.807) is 12.1 Å². The topological polar surface area (TPSA) is 12.0 Å². The molecule has 1 nitrogen and oxygen atoms in total. The summed E-state index contributed by atoms with van der Waals surface area (Å²) in [4.78, 5) is 0. The smallest absolute Gasteiger partial charge is 0.123 e. The van der Waals surface area contributed by atoms with Crippen LogP contribution in [0.2, 0.25) is 0 Å². The molecule has 1 N–H and O–H groups in total. The standard InChI is InChI=1S/C12H14FN/c13-11-6-3-10(4-7-11)5-8-12-2-1-9-14-12/h3-8,12,14H,1-2,9H2. The van der Waals surface area contributed by atoms with E-state index in [2.05, 4.69) is 11.4 Å². The maximum Gasteiger partial charge on any atom is 0.123 e. The molecule has 0 aliphatic carbocycles. The monoisotopic (exact) mass is 191 g/mol. The molecule has 1 atom stereocenters. The lowest BCUT2D eigenvalue weighted by molar-refractivity contribution is 0.628. The Morgan fingerprint density at radius 2 is 2.07 bits per heavy atom. The molecule has 1 aliphatic rings. The third-order valence-electron chi connectivity index (χ3n) is 2.49. The predicted octanol–water partition coefficient (Wildman–Crippen LogP) is 2.59. The van der Waals surface area contributed by atoms with Gasteiger partial charge in [-0.05, 0) is 37.1 Å². The van der Waals surface area contributed by atoms with Crippen LogP contribution in [0.5, 0.6) is 0 Å². The van der Waals surface area contributed by atoms with E-state index in [0.717, 1.165) is 12.1 Å². The lowest BCUT2D eigenvalue weighted by atomic mass is 10.1. The van der Waals surface area contributed by atoms with E-state index < -0.39 is 0 Å². The summed E-state index contributed by atoms with van der Waals surface area (Å²) in [6, 6.07) is 7.06. The highest BCUT2D eigenvalue weighted by Crippen LogP contribution is 2.09. The van der Waals surface area contributed by atoms with Crippen LogP contribution in [0, 0.1) is 5.82 Å². The highest BCUT2D eigenvalue weighted by Gasteiger charge is 2.09. The van der Waals surface area contributed by atoms with Crippen molar-refractivity contribution in [2.24, 2.45) is 0 Å². The second kappa shape index (κ2) is 4.38. The van der Waals surface area contributed by atoms with Gasteiger partial charge >= 0.3 is 0 Å². The molecular weight excluding hydrogens is 177 g/mol. The Balaban J connectivity index is 1.99. The number of hydrogen-bond donors (Lipinski definition) is 1. The van der Waals surface area contributed by atoms with Crippen LogP contribution in [-0.2, 0) is 0 Å². The number of benzene rings is 1. The molecule has 1 fully saturated rings. The van der Waals surface area contributed by atoms with Crippen LogP contribution in [0.4, 0.5) is 4.39 Å². The van der Waals surface area contributed by atoms with Crippen molar-refractivity contribution < 1.29 is 4.39 Å². The Bertz CT molecular complexity index is 310. The first-order valence-corrected chi connectivity index (χ1v) is 5.02. The molecule has 1 aromatic rings. The summed E-state index contributed by atoms with van der Waals surface area (Å²) in [5.41, 5.74) is 1.06. The number of halogens is 1. The third kappa shape index (κ3) is 2.42. The fourth-order valence-corrected chi connectivity index (χ4v) is 1.68. The summed E-state index contributed by atoms with van der Waals surface area (Å²) in [5.74, 6) is -0.179. The maximum atomic E-state index is 12.6. The van der Waals surface area contributed by atoms with E-state index in [-0.39, 0.29) is 5.82 Å². The van der Waals surface area contributed by atoms with Crippen LogP contribution >= 0.6 is 0 Å². The van der Waals surface area contributed by atoms with Gasteiger partial charge in [-0.25, -0.2) is 4.39 Å². The van der Waals surface area contributed by atoms with Crippen LogP contribution in [-0.4, -0.2) is 12.6 Å². The summed E-state index contributed by atoms with van der Waals surface area (Å²) >= 11 is 0. The second-order valence-corrected chi connectivity index (χ2v) is 3.61. The minimum absolute atomic E-state index is 0.179. The Kier molecular flexibility index (Phi) is 2.94. The molecule has 2 heteroatoms. The first-order chi connectivity index (χ1) is 6.84. The van der Waals surface area contributed by atoms with Crippen LogP contribution in [0.3, 0.4) is 0 Å². The summed E-state index contributed by atoms with van der Waals surface area (Å²) in [6.45, 7) is 1.11. The third-order valence-corrected chi connectivity index (χ3v) is 2.49. The minimum atomic E-state index is -0.179. The van der Waals surface area contributed by atoms with E-state index in [0.29, 0.717) is 6.04 Å². The molecule has 1 saturated heterocycles. The molecule has 0 aromatic heterocycles. The molecule has 0 spiro atoms. The molecule has 2 rings (SSSR count). The molecular formula is C12H14FN. The molecule has 0 radical (unpaired) electrons. The largest absolute Gasteiger partial charge is 0.311 e. The van der Waals surface area contributed by atoms with Gasteiger partial charge in [-0.2, -0.15) is 0 Å². The van der Waals surface area contributed by atoms with E-state index in [4.69, 9.17) is 0 Å². The van der Waals surface area contributed by atoms with Gasteiger partial charge in [0.25, 0.3) is 0 Å². The first kappa shape index (κ1) is 9.41. The first-order valence-electron chi connectivity index (χ1n) is 5.02. The molecule has 1 aliphatic heterocycles. The van der Waals surface area contributed by atoms with Gasteiger partial charge in [0, 0.05) is 6.04 Å². The van der Waals surface area contributed by atoms with Crippen molar-refractivity contribution in [3.63, 3.8) is 0 Å². The van der Waals surface area contributed by atoms with E-state index >= 15 is 0 Å². The Labute approximate surface area is 83.6 Å². The second-order valence-electron chi connectivity index (χ2n) is 3.61. The Hall–Kier alpha value is -1.15. The van der Waals surface area contributed by atoms with Crippen molar-refractivity contribution in [3.8, 4) is 0 Å². The molecule has 0 saturated carbocycles. The molecule has 0 amide bonds. The van der Waals surface area contributed by atoms with Gasteiger partial charge in [-0.15, -0.1) is 0 Å². The van der Waals surface area contributed by atoms with E-state index in [9.17, 15) is 4.39 Å². The average molecular weight is 191 g/mol. The molecule has 1 aromatic carbocycles. The molecule has 74 valence electrons. The van der Waals surface area contributed by atoms with Crippen LogP contribution in [0.1, 0.15) is 18.4 Å². The SMILES string of the molecule is Fc1ccc(C=CC2CCCN2)cc1. The summed E-state index contributed by atoms with van der Waals surface area (Å²) in [5, 5.41) is 3.38. The van der Waals surface area contributed by atoms with Crippen molar-refractivity contribution in [1.29, 1.82) is 0 Å². The van der Waals surface area contributed by atoms with Gasteiger partial charge in [0.05, 0.1) is 0 Å². The number of nitrogens with one attached hydrogen (secondary N) is 1. The van der Waals surface area contributed by atoms with Gasteiger partial charge in [-0.3, -0.25) is 0 Å². The molecule has 1 unspecified atom stereocenters. The summed E-state index contributed by atoms with van der Waals surface area (Å²) in [6.07, 6.45) is 6.65. The highest BCUT2D eigenvalue weighted by molar-refractivity contribution is 5.49.